The number of carbonyl (C=O) groups excluding carboxylic acids is 1. The highest BCUT2D eigenvalue weighted by atomic mass is 35.5. The van der Waals surface area contributed by atoms with Gasteiger partial charge in [-0.25, -0.2) is 4.79 Å². The zero-order valence-electron chi connectivity index (χ0n) is 21.8. The summed E-state index contributed by atoms with van der Waals surface area (Å²) in [6.45, 7) is 3.77. The molecule has 1 heterocycles. The second-order valence-corrected chi connectivity index (χ2v) is 11.2. The summed E-state index contributed by atoms with van der Waals surface area (Å²) < 4.78 is 22.0. The molecular weight excluding hydrogens is 581 g/mol. The number of rotatable bonds is 9. The Labute approximate surface area is 245 Å². The Bertz CT molecular complexity index is 1350. The van der Waals surface area contributed by atoms with Crippen molar-refractivity contribution in [3.05, 3.63) is 64.7 Å². The number of nitriles is 1. The van der Waals surface area contributed by atoms with Gasteiger partial charge < -0.3 is 39.4 Å². The van der Waals surface area contributed by atoms with Crippen LogP contribution in [0.25, 0.3) is 0 Å². The lowest BCUT2D eigenvalue weighted by molar-refractivity contribution is -0.271. The lowest BCUT2D eigenvalue weighted by atomic mass is 9.99. The minimum absolute atomic E-state index is 0.0602. The second kappa shape index (κ2) is 12.2. The number of aliphatic hydroxyl groups excluding tert-OH is 3. The number of benzene rings is 2. The fourth-order valence-corrected chi connectivity index (χ4v) is 4.95. The predicted molar refractivity (Wildman–Crippen MR) is 143 cm³/mol. The van der Waals surface area contributed by atoms with Gasteiger partial charge in [0.2, 0.25) is 12.4 Å². The van der Waals surface area contributed by atoms with E-state index in [2.05, 4.69) is 0 Å². The smallest absolute Gasteiger partial charge is 0.335 e. The Morgan fingerprint density at radius 2 is 1.68 bits per heavy atom. The Hall–Kier alpha value is -3.37. The first-order valence-corrected chi connectivity index (χ1v) is 13.2. The van der Waals surface area contributed by atoms with Crippen LogP contribution in [0, 0.1) is 28.6 Å². The molecule has 4 N–H and O–H groups in total. The molecule has 8 atom stereocenters. The van der Waals surface area contributed by atoms with Gasteiger partial charge in [0.05, 0.1) is 5.92 Å². The van der Waals surface area contributed by atoms with Crippen LogP contribution in [0.1, 0.15) is 25.5 Å². The molecular formula is C28H27Cl2NO10. The number of aliphatic carboxylic acids is 1. The summed E-state index contributed by atoms with van der Waals surface area (Å²) in [7, 11) is 0. The maximum absolute atomic E-state index is 12.8. The number of ether oxygens (including phenoxy) is 4. The minimum Gasteiger partial charge on any atom is -0.479 e. The van der Waals surface area contributed by atoms with E-state index in [4.69, 9.17) is 47.3 Å². The van der Waals surface area contributed by atoms with Gasteiger partial charge in [0.15, 0.2) is 6.10 Å². The maximum Gasteiger partial charge on any atom is 0.335 e. The summed E-state index contributed by atoms with van der Waals surface area (Å²) in [5.41, 5.74) is -0.0101. The van der Waals surface area contributed by atoms with Crippen LogP contribution < -0.4 is 9.47 Å². The molecule has 2 aromatic carbocycles. The van der Waals surface area contributed by atoms with Gasteiger partial charge in [0.1, 0.15) is 46.1 Å². The molecule has 1 aliphatic carbocycles. The van der Waals surface area contributed by atoms with Gasteiger partial charge in [-0.3, -0.25) is 4.79 Å². The molecule has 2 aliphatic rings. The molecule has 13 heteroatoms. The average molecular weight is 608 g/mol. The van der Waals surface area contributed by atoms with Gasteiger partial charge in [-0.05, 0) is 53.8 Å². The first-order chi connectivity index (χ1) is 19.3. The molecule has 11 nitrogen and oxygen atoms in total. The van der Waals surface area contributed by atoms with E-state index in [0.29, 0.717) is 17.1 Å². The molecule has 218 valence electrons. The molecule has 2 aromatic rings. The lowest BCUT2D eigenvalue weighted by Gasteiger charge is -2.38. The van der Waals surface area contributed by atoms with E-state index < -0.39 is 60.1 Å². The summed E-state index contributed by atoms with van der Waals surface area (Å²) in [6, 6.07) is 14.4. The van der Waals surface area contributed by atoms with Gasteiger partial charge in [-0.2, -0.15) is 5.26 Å². The average Bonchev–Trinajstić information content (AvgIpc) is 3.46. The highest BCUT2D eigenvalue weighted by Gasteiger charge is 2.62. The monoisotopic (exact) mass is 607 g/mol. The third-order valence-corrected chi connectivity index (χ3v) is 7.36. The molecule has 0 radical (unpaired) electrons. The number of carboxylic acid groups (broad SMARTS) is 1. The van der Waals surface area contributed by atoms with E-state index in [1.54, 1.807) is 30.3 Å². The summed E-state index contributed by atoms with van der Waals surface area (Å²) in [6.07, 6.45) is -8.26. The summed E-state index contributed by atoms with van der Waals surface area (Å²) in [5.74, 6) is -1.89. The molecule has 41 heavy (non-hydrogen) atoms. The summed E-state index contributed by atoms with van der Waals surface area (Å²) >= 11 is 11.5. The van der Waals surface area contributed by atoms with Gasteiger partial charge in [0.25, 0.3) is 0 Å². The number of carboxylic acids is 1. The van der Waals surface area contributed by atoms with Crippen molar-refractivity contribution in [2.75, 3.05) is 0 Å². The normalized spacial score (nSPS) is 28.9. The number of esters is 1. The van der Waals surface area contributed by atoms with Crippen molar-refractivity contribution in [3.8, 4) is 23.3 Å². The van der Waals surface area contributed by atoms with E-state index in [0.717, 1.165) is 0 Å². The minimum atomic E-state index is -1.83. The van der Waals surface area contributed by atoms with Crippen LogP contribution in [0.2, 0.25) is 0 Å². The summed E-state index contributed by atoms with van der Waals surface area (Å²) in [4.78, 5) is 24.1. The Balaban J connectivity index is 1.39. The van der Waals surface area contributed by atoms with Crippen molar-refractivity contribution in [3.63, 3.8) is 0 Å². The van der Waals surface area contributed by atoms with Crippen molar-refractivity contribution >= 4 is 35.1 Å². The van der Waals surface area contributed by atoms with Crippen LogP contribution in [0.4, 0.5) is 0 Å². The third-order valence-electron chi connectivity index (χ3n) is 7.11. The first kappa shape index (κ1) is 30.6. The molecule has 0 amide bonds. The molecule has 0 spiro atoms. The molecule has 1 saturated heterocycles. The SMILES string of the molecule is CC1(C)C(C=C(Cl)Cl)C1C(=O)OC(C#N)c1cccc(Oc2ccc(OC3OC(C(=O)O)C(O)C(O)C3O)cc2)c1. The van der Waals surface area contributed by atoms with E-state index in [1.165, 1.54) is 24.3 Å². The molecule has 0 bridgehead atoms. The number of halogens is 2. The molecule has 1 aliphatic heterocycles. The molecule has 2 fully saturated rings. The number of hydrogen-bond acceptors (Lipinski definition) is 10. The summed E-state index contributed by atoms with van der Waals surface area (Å²) in [5, 5.41) is 48.7. The number of allylic oxidation sites excluding steroid dienone is 1. The number of hydrogen-bond donors (Lipinski definition) is 4. The van der Waals surface area contributed by atoms with E-state index >= 15 is 0 Å². The molecule has 4 rings (SSSR count). The van der Waals surface area contributed by atoms with E-state index in [1.807, 2.05) is 19.9 Å². The number of nitrogens with zero attached hydrogens (tertiary/aromatic N) is 1. The molecule has 0 aromatic heterocycles. The van der Waals surface area contributed by atoms with Gasteiger partial charge in [-0.15, -0.1) is 0 Å². The highest BCUT2D eigenvalue weighted by molar-refractivity contribution is 6.55. The molecule has 1 saturated carbocycles. The lowest BCUT2D eigenvalue weighted by Crippen LogP contribution is -2.61. The zero-order valence-corrected chi connectivity index (χ0v) is 23.3. The molecule has 8 unspecified atom stereocenters. The zero-order chi connectivity index (χ0) is 30.1. The fraction of sp³-hybridized carbons (Fsp3) is 0.393. The Morgan fingerprint density at radius 3 is 2.29 bits per heavy atom. The quantitative estimate of drug-likeness (QED) is 0.307. The fourth-order valence-electron chi connectivity index (χ4n) is 4.68. The van der Waals surface area contributed by atoms with Crippen molar-refractivity contribution in [2.24, 2.45) is 17.3 Å². The Morgan fingerprint density at radius 1 is 1.02 bits per heavy atom. The van der Waals surface area contributed by atoms with Crippen LogP contribution in [0.15, 0.2) is 59.1 Å². The van der Waals surface area contributed by atoms with Crippen LogP contribution in [-0.4, -0.2) is 63.1 Å². The highest BCUT2D eigenvalue weighted by Crippen LogP contribution is 2.60. The standard InChI is InChI=1S/C28H27Cl2NO10/c1-28(2)17(11-19(29)30)20(28)26(37)40-18(12-31)13-4-3-5-16(10-13)38-14-6-8-15(9-7-14)39-27-23(34)21(32)22(33)24(41-27)25(35)36/h3-11,17-18,20-24,27,32-34H,1-2H3,(H,35,36). The largest absolute Gasteiger partial charge is 0.479 e. The van der Waals surface area contributed by atoms with Crippen LogP contribution in [-0.2, 0) is 19.1 Å². The Kier molecular flexibility index (Phi) is 9.13. The van der Waals surface area contributed by atoms with Crippen LogP contribution in [0.5, 0.6) is 17.2 Å². The first-order valence-electron chi connectivity index (χ1n) is 12.4. The van der Waals surface area contributed by atoms with Crippen LogP contribution in [0.3, 0.4) is 0 Å². The second-order valence-electron chi connectivity index (χ2n) is 10.2. The number of carbonyl (C=O) groups is 2. The van der Waals surface area contributed by atoms with Crippen molar-refractivity contribution in [1.29, 1.82) is 5.26 Å². The van der Waals surface area contributed by atoms with Crippen molar-refractivity contribution in [2.45, 2.75) is 50.7 Å². The maximum atomic E-state index is 12.8. The van der Waals surface area contributed by atoms with Crippen molar-refractivity contribution < 1.29 is 49.0 Å². The van der Waals surface area contributed by atoms with Gasteiger partial charge in [0, 0.05) is 5.56 Å². The number of aliphatic hydroxyl groups is 3. The third kappa shape index (κ3) is 6.76. The van der Waals surface area contributed by atoms with Crippen LogP contribution >= 0.6 is 23.2 Å². The van der Waals surface area contributed by atoms with E-state index in [9.17, 15) is 30.2 Å². The van der Waals surface area contributed by atoms with Gasteiger partial charge in [-0.1, -0.05) is 49.2 Å². The topological polar surface area (TPSA) is 176 Å². The van der Waals surface area contributed by atoms with Crippen molar-refractivity contribution in [1.82, 2.24) is 0 Å². The predicted octanol–water partition coefficient (Wildman–Crippen LogP) is 3.45. The van der Waals surface area contributed by atoms with Gasteiger partial charge >= 0.3 is 11.9 Å². The van der Waals surface area contributed by atoms with E-state index in [-0.39, 0.29) is 16.2 Å².